The van der Waals surface area contributed by atoms with Crippen molar-refractivity contribution in [2.24, 2.45) is 0 Å². The molecular weight excluding hydrogens is 446 g/mol. The number of hydrogen-bond donors (Lipinski definition) is 0. The van der Waals surface area contributed by atoms with Gasteiger partial charge in [0.1, 0.15) is 0 Å². The number of rotatable bonds is 4. The van der Waals surface area contributed by atoms with E-state index in [1.54, 1.807) is 0 Å². The van der Waals surface area contributed by atoms with Crippen molar-refractivity contribution in [3.05, 3.63) is 89.3 Å². The fourth-order valence-electron chi connectivity index (χ4n) is 5.48. The molecule has 0 amide bonds. The number of aromatic nitrogens is 3. The minimum Gasteiger partial charge on any atom is -0.403 e. The van der Waals surface area contributed by atoms with Gasteiger partial charge in [0.15, 0.2) is 10.8 Å². The van der Waals surface area contributed by atoms with E-state index in [-0.39, 0.29) is 16.6 Å². The second-order valence-electron chi connectivity index (χ2n) is 10.6. The standard InChI is InChI=1S/C27H30ClN3OSi/c1-26(2,3)33(20-12-8-6-9-13-20,21-14-10-7-11-15-21)32-22-16-19-18-29-24-17-23(28)30-31(24)25(19)27(22,4)5/h6-15,17-18,22H,16H2,1-5H3. The first-order chi connectivity index (χ1) is 15.6. The highest BCUT2D eigenvalue weighted by atomic mass is 35.5. The predicted molar refractivity (Wildman–Crippen MR) is 137 cm³/mol. The fourth-order valence-corrected chi connectivity index (χ4v) is 10.5. The van der Waals surface area contributed by atoms with Gasteiger partial charge in [0, 0.05) is 24.1 Å². The minimum absolute atomic E-state index is 0.0193. The summed E-state index contributed by atoms with van der Waals surface area (Å²) >= 11 is 6.24. The molecule has 1 aliphatic rings. The minimum atomic E-state index is -2.68. The van der Waals surface area contributed by atoms with Gasteiger partial charge in [-0.05, 0) is 21.0 Å². The van der Waals surface area contributed by atoms with Crippen LogP contribution in [-0.2, 0) is 16.3 Å². The van der Waals surface area contributed by atoms with Crippen molar-refractivity contribution in [3.63, 3.8) is 0 Å². The van der Waals surface area contributed by atoms with Gasteiger partial charge in [-0.2, -0.15) is 5.10 Å². The van der Waals surface area contributed by atoms with E-state index >= 15 is 0 Å². The molecule has 0 bridgehead atoms. The SMILES string of the molecule is CC1(C)c2c(cnc3cc(Cl)nn23)CC1O[Si](c1ccccc1)(c1ccccc1)C(C)(C)C. The summed E-state index contributed by atoms with van der Waals surface area (Å²) in [6.07, 6.45) is 2.75. The third-order valence-corrected chi connectivity index (χ3v) is 12.3. The Morgan fingerprint density at radius 2 is 1.58 bits per heavy atom. The molecular formula is C27H30ClN3OSi. The van der Waals surface area contributed by atoms with Crippen molar-refractivity contribution in [1.82, 2.24) is 14.6 Å². The Kier molecular flexibility index (Phi) is 5.27. The van der Waals surface area contributed by atoms with Crippen LogP contribution in [0.5, 0.6) is 0 Å². The van der Waals surface area contributed by atoms with Crippen LogP contribution in [0.2, 0.25) is 10.2 Å². The summed E-state index contributed by atoms with van der Waals surface area (Å²) in [5.74, 6) is 0. The lowest BCUT2D eigenvalue weighted by atomic mass is 9.88. The van der Waals surface area contributed by atoms with E-state index in [4.69, 9.17) is 16.0 Å². The second kappa shape index (κ2) is 7.79. The molecule has 5 rings (SSSR count). The number of hydrogen-bond acceptors (Lipinski definition) is 3. The molecule has 0 N–H and O–H groups in total. The third-order valence-electron chi connectivity index (χ3n) is 7.09. The first-order valence-corrected chi connectivity index (χ1v) is 13.8. The topological polar surface area (TPSA) is 39.4 Å². The molecule has 0 saturated heterocycles. The maximum absolute atomic E-state index is 7.53. The molecule has 4 aromatic rings. The Morgan fingerprint density at radius 1 is 1.00 bits per heavy atom. The Balaban J connectivity index is 1.69. The zero-order chi connectivity index (χ0) is 23.4. The van der Waals surface area contributed by atoms with Gasteiger partial charge >= 0.3 is 0 Å². The summed E-state index contributed by atoms with van der Waals surface area (Å²) in [6, 6.07) is 23.5. The van der Waals surface area contributed by atoms with Gasteiger partial charge in [0.05, 0.1) is 11.8 Å². The lowest BCUT2D eigenvalue weighted by molar-refractivity contribution is 0.127. The lowest BCUT2D eigenvalue weighted by Crippen LogP contribution is -2.68. The zero-order valence-corrected chi connectivity index (χ0v) is 21.6. The maximum Gasteiger partial charge on any atom is 0.261 e. The van der Waals surface area contributed by atoms with Crippen LogP contribution in [0.15, 0.2) is 72.9 Å². The number of nitrogens with zero attached hydrogens (tertiary/aromatic N) is 3. The summed E-state index contributed by atoms with van der Waals surface area (Å²) in [6.45, 7) is 11.5. The van der Waals surface area contributed by atoms with Crippen LogP contribution >= 0.6 is 11.6 Å². The first kappa shape index (κ1) is 22.3. The van der Waals surface area contributed by atoms with Gasteiger partial charge < -0.3 is 4.43 Å². The maximum atomic E-state index is 7.53. The van der Waals surface area contributed by atoms with E-state index in [1.165, 1.54) is 15.9 Å². The Morgan fingerprint density at radius 3 is 2.12 bits per heavy atom. The summed E-state index contributed by atoms with van der Waals surface area (Å²) in [5, 5.41) is 7.52. The molecule has 2 aromatic carbocycles. The quantitative estimate of drug-likeness (QED) is 0.382. The van der Waals surface area contributed by atoms with Crippen LogP contribution in [0, 0.1) is 0 Å². The Hall–Kier alpha value is -2.47. The first-order valence-electron chi connectivity index (χ1n) is 11.5. The van der Waals surface area contributed by atoms with E-state index < -0.39 is 8.32 Å². The van der Waals surface area contributed by atoms with E-state index in [0.29, 0.717) is 5.15 Å². The molecule has 0 aliphatic heterocycles. The molecule has 6 heteroatoms. The average molecular weight is 476 g/mol. The summed E-state index contributed by atoms with van der Waals surface area (Å²) in [5.41, 5.74) is 2.83. The van der Waals surface area contributed by atoms with E-state index in [9.17, 15) is 0 Å². The monoisotopic (exact) mass is 475 g/mol. The summed E-state index contributed by atoms with van der Waals surface area (Å²) < 4.78 is 9.44. The van der Waals surface area contributed by atoms with Crippen LogP contribution in [0.25, 0.3) is 5.65 Å². The van der Waals surface area contributed by atoms with Crippen molar-refractivity contribution in [2.75, 3.05) is 0 Å². The highest BCUT2D eigenvalue weighted by Gasteiger charge is 2.55. The molecule has 1 atom stereocenters. The van der Waals surface area contributed by atoms with E-state index in [2.05, 4.69) is 105 Å². The van der Waals surface area contributed by atoms with Gasteiger partial charge in [-0.15, -0.1) is 0 Å². The van der Waals surface area contributed by atoms with Gasteiger partial charge in [0.25, 0.3) is 8.32 Å². The molecule has 0 fully saturated rings. The lowest BCUT2D eigenvalue weighted by Gasteiger charge is -2.46. The largest absolute Gasteiger partial charge is 0.403 e. The smallest absolute Gasteiger partial charge is 0.261 e. The van der Waals surface area contributed by atoms with Gasteiger partial charge in [-0.25, -0.2) is 9.50 Å². The normalized spacial score (nSPS) is 17.9. The molecule has 4 nitrogen and oxygen atoms in total. The van der Waals surface area contributed by atoms with Crippen LogP contribution in [-0.4, -0.2) is 29.0 Å². The summed E-state index contributed by atoms with van der Waals surface area (Å²) in [7, 11) is -2.68. The zero-order valence-electron chi connectivity index (χ0n) is 19.8. The third kappa shape index (κ3) is 3.45. The summed E-state index contributed by atoms with van der Waals surface area (Å²) in [4.78, 5) is 4.61. The number of halogens is 1. The fraction of sp³-hybridized carbons (Fsp3) is 0.333. The molecule has 0 radical (unpaired) electrons. The molecule has 2 aromatic heterocycles. The molecule has 0 saturated carbocycles. The van der Waals surface area contributed by atoms with Gasteiger partial charge in [-0.3, -0.25) is 0 Å². The molecule has 33 heavy (non-hydrogen) atoms. The molecule has 170 valence electrons. The van der Waals surface area contributed by atoms with Crippen molar-refractivity contribution >= 4 is 35.9 Å². The highest BCUT2D eigenvalue weighted by Crippen LogP contribution is 2.45. The number of fused-ring (bicyclic) bond motifs is 3. The van der Waals surface area contributed by atoms with Crippen molar-refractivity contribution < 1.29 is 4.43 Å². The number of benzene rings is 2. The van der Waals surface area contributed by atoms with Crippen LogP contribution in [0.3, 0.4) is 0 Å². The van der Waals surface area contributed by atoms with Gasteiger partial charge in [0.2, 0.25) is 0 Å². The van der Waals surface area contributed by atoms with Gasteiger partial charge in [-0.1, -0.05) is 107 Å². The highest BCUT2D eigenvalue weighted by molar-refractivity contribution is 6.99. The predicted octanol–water partition coefficient (Wildman–Crippen LogP) is 5.16. The molecule has 0 spiro atoms. The van der Waals surface area contributed by atoms with Crippen LogP contribution < -0.4 is 10.4 Å². The second-order valence-corrected chi connectivity index (χ2v) is 15.2. The molecule has 2 heterocycles. The van der Waals surface area contributed by atoms with Crippen molar-refractivity contribution in [1.29, 1.82) is 0 Å². The van der Waals surface area contributed by atoms with E-state index in [0.717, 1.165) is 17.8 Å². The van der Waals surface area contributed by atoms with Crippen LogP contribution in [0.1, 0.15) is 45.9 Å². The van der Waals surface area contributed by atoms with Crippen molar-refractivity contribution in [2.45, 2.75) is 57.6 Å². The Bertz CT molecular complexity index is 1260. The average Bonchev–Trinajstić information content (AvgIpc) is 3.27. The molecule has 1 unspecified atom stereocenters. The van der Waals surface area contributed by atoms with Crippen molar-refractivity contribution in [3.8, 4) is 0 Å². The van der Waals surface area contributed by atoms with Crippen LogP contribution in [0.4, 0.5) is 0 Å². The Labute approximate surface area is 201 Å². The molecule has 1 aliphatic carbocycles. The van der Waals surface area contributed by atoms with E-state index in [1.807, 2.05) is 16.8 Å².